The molecule has 4 heteroatoms. The summed E-state index contributed by atoms with van der Waals surface area (Å²) in [6, 6.07) is 0. The molecule has 102 valence electrons. The average Bonchev–Trinajstić information content (AvgIpc) is 2.93. The maximum absolute atomic E-state index is 5.92. The van der Waals surface area contributed by atoms with E-state index in [4.69, 9.17) is 10.3 Å². The molecule has 0 unspecified atom stereocenters. The molecular formula is C14H25N3O. The van der Waals surface area contributed by atoms with Gasteiger partial charge in [-0.2, -0.15) is 4.98 Å². The minimum Gasteiger partial charge on any atom is -0.339 e. The van der Waals surface area contributed by atoms with Gasteiger partial charge in [0.05, 0.1) is 5.41 Å². The summed E-state index contributed by atoms with van der Waals surface area (Å²) in [5, 5.41) is 4.21. The largest absolute Gasteiger partial charge is 0.339 e. The Morgan fingerprint density at radius 2 is 1.89 bits per heavy atom. The predicted octanol–water partition coefficient (Wildman–Crippen LogP) is 3.13. The molecule has 0 saturated heterocycles. The quantitative estimate of drug-likeness (QED) is 0.873. The van der Waals surface area contributed by atoms with E-state index >= 15 is 0 Å². The SMILES string of the molecule is CCC(CC)(CN)c1nc(C2CCCCC2)no1. The molecule has 1 saturated carbocycles. The minimum absolute atomic E-state index is 0.125. The molecule has 0 aromatic carbocycles. The summed E-state index contributed by atoms with van der Waals surface area (Å²) in [6.45, 7) is 4.86. The minimum atomic E-state index is -0.125. The van der Waals surface area contributed by atoms with Crippen molar-refractivity contribution >= 4 is 0 Å². The molecule has 1 heterocycles. The Hall–Kier alpha value is -0.900. The van der Waals surface area contributed by atoms with Crippen molar-refractivity contribution < 1.29 is 4.52 Å². The van der Waals surface area contributed by atoms with E-state index in [9.17, 15) is 0 Å². The topological polar surface area (TPSA) is 64.9 Å². The van der Waals surface area contributed by atoms with Crippen LogP contribution >= 0.6 is 0 Å². The van der Waals surface area contributed by atoms with Gasteiger partial charge in [-0.3, -0.25) is 0 Å². The van der Waals surface area contributed by atoms with E-state index < -0.39 is 0 Å². The van der Waals surface area contributed by atoms with Gasteiger partial charge < -0.3 is 10.3 Å². The van der Waals surface area contributed by atoms with E-state index in [2.05, 4.69) is 24.0 Å². The number of hydrogen-bond acceptors (Lipinski definition) is 4. The van der Waals surface area contributed by atoms with Crippen molar-refractivity contribution in [1.29, 1.82) is 0 Å². The van der Waals surface area contributed by atoms with Crippen molar-refractivity contribution in [2.45, 2.75) is 70.1 Å². The van der Waals surface area contributed by atoms with Crippen molar-refractivity contribution in [2.75, 3.05) is 6.54 Å². The van der Waals surface area contributed by atoms with Gasteiger partial charge in [0.15, 0.2) is 5.82 Å². The Bertz CT molecular complexity index is 357. The van der Waals surface area contributed by atoms with Crippen LogP contribution in [0, 0.1) is 0 Å². The molecule has 0 amide bonds. The highest BCUT2D eigenvalue weighted by Gasteiger charge is 2.34. The normalized spacial score (nSPS) is 18.2. The highest BCUT2D eigenvalue weighted by atomic mass is 16.5. The van der Waals surface area contributed by atoms with E-state index in [1.165, 1.54) is 32.1 Å². The van der Waals surface area contributed by atoms with Crippen LogP contribution in [0.2, 0.25) is 0 Å². The standard InChI is InChI=1S/C14H25N3O/c1-3-14(4-2,10-15)13-16-12(17-18-13)11-8-6-5-7-9-11/h11H,3-10,15H2,1-2H3. The first-order valence-electron chi connectivity index (χ1n) is 7.30. The lowest BCUT2D eigenvalue weighted by Crippen LogP contribution is -2.34. The zero-order valence-corrected chi connectivity index (χ0v) is 11.6. The van der Waals surface area contributed by atoms with Gasteiger partial charge in [-0.1, -0.05) is 38.3 Å². The van der Waals surface area contributed by atoms with Gasteiger partial charge in [0.2, 0.25) is 5.89 Å². The molecule has 0 aliphatic heterocycles. The summed E-state index contributed by atoms with van der Waals surface area (Å²) in [5.74, 6) is 2.15. The summed E-state index contributed by atoms with van der Waals surface area (Å²) < 4.78 is 5.51. The fourth-order valence-electron chi connectivity index (χ4n) is 2.91. The van der Waals surface area contributed by atoms with E-state index in [0.717, 1.165) is 24.6 Å². The van der Waals surface area contributed by atoms with E-state index in [1.807, 2.05) is 0 Å². The van der Waals surface area contributed by atoms with E-state index in [-0.39, 0.29) is 5.41 Å². The Labute approximate surface area is 109 Å². The van der Waals surface area contributed by atoms with E-state index in [1.54, 1.807) is 0 Å². The Kier molecular flexibility index (Phi) is 4.38. The zero-order chi connectivity index (χ0) is 13.0. The number of nitrogens with two attached hydrogens (primary N) is 1. The molecule has 0 spiro atoms. The van der Waals surface area contributed by atoms with Crippen molar-refractivity contribution in [2.24, 2.45) is 5.73 Å². The third-order valence-electron chi connectivity index (χ3n) is 4.61. The van der Waals surface area contributed by atoms with Crippen molar-refractivity contribution in [1.82, 2.24) is 10.1 Å². The number of aromatic nitrogens is 2. The lowest BCUT2D eigenvalue weighted by Gasteiger charge is -2.25. The summed E-state index contributed by atoms with van der Waals surface area (Å²) >= 11 is 0. The summed E-state index contributed by atoms with van der Waals surface area (Å²) in [5.41, 5.74) is 5.80. The lowest BCUT2D eigenvalue weighted by molar-refractivity contribution is 0.265. The lowest BCUT2D eigenvalue weighted by atomic mass is 9.82. The third-order valence-corrected chi connectivity index (χ3v) is 4.61. The fraction of sp³-hybridized carbons (Fsp3) is 0.857. The van der Waals surface area contributed by atoms with Crippen molar-refractivity contribution in [3.63, 3.8) is 0 Å². The highest BCUT2D eigenvalue weighted by Crippen LogP contribution is 2.34. The van der Waals surface area contributed by atoms with Gasteiger partial charge in [-0.15, -0.1) is 0 Å². The average molecular weight is 251 g/mol. The molecule has 1 aliphatic rings. The maximum Gasteiger partial charge on any atom is 0.234 e. The van der Waals surface area contributed by atoms with Crippen LogP contribution in [-0.2, 0) is 5.41 Å². The van der Waals surface area contributed by atoms with Crippen LogP contribution in [0.3, 0.4) is 0 Å². The number of rotatable bonds is 5. The highest BCUT2D eigenvalue weighted by molar-refractivity contribution is 5.07. The van der Waals surface area contributed by atoms with Crippen LogP contribution in [-0.4, -0.2) is 16.7 Å². The molecule has 18 heavy (non-hydrogen) atoms. The first-order chi connectivity index (χ1) is 8.75. The second-order valence-corrected chi connectivity index (χ2v) is 5.48. The number of nitrogens with zero attached hydrogens (tertiary/aromatic N) is 2. The third kappa shape index (κ3) is 2.44. The predicted molar refractivity (Wildman–Crippen MR) is 71.4 cm³/mol. The number of hydrogen-bond donors (Lipinski definition) is 1. The Morgan fingerprint density at radius 3 is 2.44 bits per heavy atom. The van der Waals surface area contributed by atoms with Crippen LogP contribution in [0.1, 0.15) is 76.4 Å². The van der Waals surface area contributed by atoms with Crippen LogP contribution < -0.4 is 5.73 Å². The monoisotopic (exact) mass is 251 g/mol. The first-order valence-corrected chi connectivity index (χ1v) is 7.30. The zero-order valence-electron chi connectivity index (χ0n) is 11.6. The van der Waals surface area contributed by atoms with E-state index in [0.29, 0.717) is 12.5 Å². The molecule has 0 atom stereocenters. The second-order valence-electron chi connectivity index (χ2n) is 5.48. The first kappa shape index (κ1) is 13.5. The summed E-state index contributed by atoms with van der Waals surface area (Å²) in [6.07, 6.45) is 8.23. The van der Waals surface area contributed by atoms with Crippen LogP contribution in [0.25, 0.3) is 0 Å². The van der Waals surface area contributed by atoms with Crippen molar-refractivity contribution in [3.8, 4) is 0 Å². The second kappa shape index (κ2) is 5.83. The van der Waals surface area contributed by atoms with Gasteiger partial charge >= 0.3 is 0 Å². The van der Waals surface area contributed by atoms with Crippen LogP contribution in [0.15, 0.2) is 4.52 Å². The molecule has 4 nitrogen and oxygen atoms in total. The van der Waals surface area contributed by atoms with Gasteiger partial charge in [0.25, 0.3) is 0 Å². The molecule has 0 bridgehead atoms. The van der Waals surface area contributed by atoms with Crippen LogP contribution in [0.4, 0.5) is 0 Å². The summed E-state index contributed by atoms with van der Waals surface area (Å²) in [7, 11) is 0. The molecule has 2 rings (SSSR count). The summed E-state index contributed by atoms with van der Waals surface area (Å²) in [4.78, 5) is 4.66. The van der Waals surface area contributed by atoms with Gasteiger partial charge in [0.1, 0.15) is 0 Å². The Morgan fingerprint density at radius 1 is 1.22 bits per heavy atom. The van der Waals surface area contributed by atoms with Gasteiger partial charge in [0, 0.05) is 12.5 Å². The molecule has 2 N–H and O–H groups in total. The molecular weight excluding hydrogens is 226 g/mol. The molecule has 1 aliphatic carbocycles. The molecule has 1 aromatic rings. The smallest absolute Gasteiger partial charge is 0.234 e. The van der Waals surface area contributed by atoms with Crippen molar-refractivity contribution in [3.05, 3.63) is 11.7 Å². The maximum atomic E-state index is 5.92. The molecule has 0 radical (unpaired) electrons. The van der Waals surface area contributed by atoms with Gasteiger partial charge in [-0.25, -0.2) is 0 Å². The van der Waals surface area contributed by atoms with Crippen LogP contribution in [0.5, 0.6) is 0 Å². The fourth-order valence-corrected chi connectivity index (χ4v) is 2.91. The van der Waals surface area contributed by atoms with Gasteiger partial charge in [-0.05, 0) is 25.7 Å². The Balaban J connectivity index is 2.18. The molecule has 1 aromatic heterocycles. The molecule has 1 fully saturated rings.